The largest absolute Gasteiger partial charge is 0.497 e. The van der Waals surface area contributed by atoms with Crippen LogP contribution in [-0.2, 0) is 19.9 Å². The normalized spacial score (nSPS) is 22.7. The van der Waals surface area contributed by atoms with Crippen molar-refractivity contribution in [3.63, 3.8) is 0 Å². The summed E-state index contributed by atoms with van der Waals surface area (Å²) in [5, 5.41) is 0. The van der Waals surface area contributed by atoms with Gasteiger partial charge in [0.2, 0.25) is 0 Å². The molecule has 1 aliphatic heterocycles. The van der Waals surface area contributed by atoms with E-state index in [1.165, 1.54) is 0 Å². The van der Waals surface area contributed by atoms with E-state index < -0.39 is 11.7 Å². The third-order valence-corrected chi connectivity index (χ3v) is 3.90. The highest BCUT2D eigenvalue weighted by molar-refractivity contribution is 5.81. The van der Waals surface area contributed by atoms with Gasteiger partial charge in [-0.2, -0.15) is 0 Å². The predicted octanol–water partition coefficient (Wildman–Crippen LogP) is 3.29. The van der Waals surface area contributed by atoms with Crippen molar-refractivity contribution in [3.8, 4) is 5.75 Å². The van der Waals surface area contributed by atoms with Gasteiger partial charge in [-0.1, -0.05) is 42.5 Å². The van der Waals surface area contributed by atoms with Crippen molar-refractivity contribution in [2.24, 2.45) is 0 Å². The van der Waals surface area contributed by atoms with Gasteiger partial charge < -0.3 is 14.2 Å². The Morgan fingerprint density at radius 2 is 1.65 bits per heavy atom. The molecular formula is C19H20O4. The molecule has 3 rings (SSSR count). The number of hydrogen-bond donors (Lipinski definition) is 0. The van der Waals surface area contributed by atoms with Gasteiger partial charge in [-0.25, -0.2) is 4.79 Å². The molecule has 1 saturated heterocycles. The molecule has 0 N–H and O–H groups in total. The second-order valence-electron chi connectivity index (χ2n) is 5.81. The quantitative estimate of drug-likeness (QED) is 0.628. The smallest absolute Gasteiger partial charge is 0.339 e. The lowest BCUT2D eigenvalue weighted by molar-refractivity contribution is -0.148. The van der Waals surface area contributed by atoms with E-state index >= 15 is 0 Å². The summed E-state index contributed by atoms with van der Waals surface area (Å²) in [7, 11) is 1.62. The van der Waals surface area contributed by atoms with Gasteiger partial charge in [0.1, 0.15) is 5.75 Å². The summed E-state index contributed by atoms with van der Waals surface area (Å²) in [5.74, 6) is 0.429. The number of hydrogen-bond acceptors (Lipinski definition) is 4. The minimum Gasteiger partial charge on any atom is -0.497 e. The van der Waals surface area contributed by atoms with Gasteiger partial charge in [0.15, 0.2) is 11.7 Å². The molecule has 2 unspecified atom stereocenters. The number of benzene rings is 2. The van der Waals surface area contributed by atoms with E-state index in [-0.39, 0.29) is 12.1 Å². The molecule has 0 amide bonds. The zero-order valence-corrected chi connectivity index (χ0v) is 13.5. The van der Waals surface area contributed by atoms with Crippen molar-refractivity contribution < 1.29 is 19.0 Å². The molecule has 4 nitrogen and oxygen atoms in total. The Bertz CT molecular complexity index is 678. The first kappa shape index (κ1) is 15.6. The van der Waals surface area contributed by atoms with Crippen LogP contribution in [0, 0.1) is 0 Å². The Morgan fingerprint density at radius 1 is 1.04 bits per heavy atom. The van der Waals surface area contributed by atoms with Crippen LogP contribution in [0.15, 0.2) is 54.6 Å². The van der Waals surface area contributed by atoms with E-state index in [9.17, 15) is 4.79 Å². The average Bonchev–Trinajstić information content (AvgIpc) is 3.32. The summed E-state index contributed by atoms with van der Waals surface area (Å²) in [6.07, 6.45) is -0.795. The summed E-state index contributed by atoms with van der Waals surface area (Å²) in [6, 6.07) is 17.3. The van der Waals surface area contributed by atoms with Crippen molar-refractivity contribution >= 4 is 5.97 Å². The van der Waals surface area contributed by atoms with E-state index in [2.05, 4.69) is 0 Å². The Morgan fingerprint density at radius 3 is 2.22 bits per heavy atom. The van der Waals surface area contributed by atoms with Gasteiger partial charge >= 0.3 is 5.97 Å². The number of ether oxygens (including phenoxy) is 3. The van der Waals surface area contributed by atoms with Crippen LogP contribution in [-0.4, -0.2) is 25.3 Å². The lowest BCUT2D eigenvalue weighted by Gasteiger charge is -2.15. The van der Waals surface area contributed by atoms with E-state index in [0.29, 0.717) is 0 Å². The van der Waals surface area contributed by atoms with Gasteiger partial charge in [0.25, 0.3) is 0 Å². The number of methoxy groups -OCH3 is 1. The van der Waals surface area contributed by atoms with Crippen LogP contribution in [0.3, 0.4) is 0 Å². The fraction of sp³-hybridized carbons (Fsp3) is 0.316. The Balaban J connectivity index is 1.97. The van der Waals surface area contributed by atoms with Gasteiger partial charge in [0.05, 0.1) is 13.2 Å². The van der Waals surface area contributed by atoms with E-state index in [1.54, 1.807) is 7.11 Å². The molecule has 2 aromatic carbocycles. The number of rotatable bonds is 5. The van der Waals surface area contributed by atoms with Crippen molar-refractivity contribution in [3.05, 3.63) is 65.7 Å². The molecule has 1 aliphatic rings. The first-order chi connectivity index (χ1) is 11.1. The number of epoxide rings is 1. The predicted molar refractivity (Wildman–Crippen MR) is 86.3 cm³/mol. The summed E-state index contributed by atoms with van der Waals surface area (Å²) in [5.41, 5.74) is 1.07. The number of carbonyl (C=O) groups is 1. The molecule has 0 bridgehead atoms. The highest BCUT2D eigenvalue weighted by Gasteiger charge is 2.64. The monoisotopic (exact) mass is 312 g/mol. The minimum atomic E-state index is -0.778. The second kappa shape index (κ2) is 6.05. The lowest BCUT2D eigenvalue weighted by atomic mass is 9.88. The van der Waals surface area contributed by atoms with Crippen LogP contribution in [0.25, 0.3) is 0 Å². The first-order valence-corrected chi connectivity index (χ1v) is 7.66. The summed E-state index contributed by atoms with van der Waals surface area (Å²) >= 11 is 0. The van der Waals surface area contributed by atoms with Crippen molar-refractivity contribution in [2.45, 2.75) is 31.7 Å². The molecule has 2 atom stereocenters. The maximum absolute atomic E-state index is 12.3. The molecule has 120 valence electrons. The fourth-order valence-electron chi connectivity index (χ4n) is 2.79. The van der Waals surface area contributed by atoms with Crippen LogP contribution in [0.2, 0.25) is 0 Å². The van der Waals surface area contributed by atoms with E-state index in [4.69, 9.17) is 14.2 Å². The van der Waals surface area contributed by atoms with Gasteiger partial charge in [-0.15, -0.1) is 0 Å². The first-order valence-electron chi connectivity index (χ1n) is 7.66. The molecule has 0 spiro atoms. The molecule has 1 heterocycles. The maximum atomic E-state index is 12.3. The Kier molecular flexibility index (Phi) is 4.09. The molecular weight excluding hydrogens is 292 g/mol. The zero-order chi connectivity index (χ0) is 16.4. The standard InChI is InChI=1S/C19H20O4/c1-13(2)22-18(20)17-19(23-17,14-7-5-4-6-8-14)15-9-11-16(21-3)12-10-15/h4-13,17H,1-3H3. The highest BCUT2D eigenvalue weighted by atomic mass is 16.7. The molecule has 1 fully saturated rings. The maximum Gasteiger partial charge on any atom is 0.339 e. The lowest BCUT2D eigenvalue weighted by Crippen LogP contribution is -2.24. The van der Waals surface area contributed by atoms with Crippen molar-refractivity contribution in [1.29, 1.82) is 0 Å². The second-order valence-corrected chi connectivity index (χ2v) is 5.81. The third kappa shape index (κ3) is 2.82. The van der Waals surface area contributed by atoms with Gasteiger partial charge in [-0.05, 0) is 37.1 Å². The van der Waals surface area contributed by atoms with Gasteiger partial charge in [-0.3, -0.25) is 0 Å². The summed E-state index contributed by atoms with van der Waals surface area (Å²) < 4.78 is 16.4. The Labute approximate surface area is 136 Å². The summed E-state index contributed by atoms with van der Waals surface area (Å²) in [6.45, 7) is 3.66. The fourth-order valence-corrected chi connectivity index (χ4v) is 2.79. The minimum absolute atomic E-state index is 0.170. The number of esters is 1. The molecule has 0 aromatic heterocycles. The average molecular weight is 312 g/mol. The zero-order valence-electron chi connectivity index (χ0n) is 13.5. The third-order valence-electron chi connectivity index (χ3n) is 3.90. The summed E-state index contributed by atoms with van der Waals surface area (Å²) in [4.78, 5) is 12.3. The van der Waals surface area contributed by atoms with Crippen molar-refractivity contribution in [2.75, 3.05) is 7.11 Å². The topological polar surface area (TPSA) is 48.1 Å². The van der Waals surface area contributed by atoms with Crippen LogP contribution >= 0.6 is 0 Å². The van der Waals surface area contributed by atoms with Crippen LogP contribution in [0.5, 0.6) is 5.75 Å². The molecule has 23 heavy (non-hydrogen) atoms. The SMILES string of the molecule is COc1ccc(C2(c3ccccc3)OC2C(=O)OC(C)C)cc1. The van der Waals surface area contributed by atoms with Crippen LogP contribution < -0.4 is 4.74 Å². The Hall–Kier alpha value is -2.33. The highest BCUT2D eigenvalue weighted by Crippen LogP contribution is 2.52. The van der Waals surface area contributed by atoms with Crippen LogP contribution in [0.4, 0.5) is 0 Å². The van der Waals surface area contributed by atoms with Crippen molar-refractivity contribution in [1.82, 2.24) is 0 Å². The molecule has 0 radical (unpaired) electrons. The van der Waals surface area contributed by atoms with Gasteiger partial charge in [0, 0.05) is 0 Å². The molecule has 2 aromatic rings. The molecule has 4 heteroatoms. The number of carbonyl (C=O) groups excluding carboxylic acids is 1. The van der Waals surface area contributed by atoms with E-state index in [0.717, 1.165) is 16.9 Å². The molecule has 0 saturated carbocycles. The van der Waals surface area contributed by atoms with Crippen LogP contribution in [0.1, 0.15) is 25.0 Å². The molecule has 0 aliphatic carbocycles. The van der Waals surface area contributed by atoms with E-state index in [1.807, 2.05) is 68.4 Å².